The zero-order chi connectivity index (χ0) is 15.1. The van der Waals surface area contributed by atoms with Crippen molar-refractivity contribution in [1.29, 1.82) is 0 Å². The van der Waals surface area contributed by atoms with Crippen LogP contribution in [0.3, 0.4) is 0 Å². The van der Waals surface area contributed by atoms with Gasteiger partial charge in [0.05, 0.1) is 18.1 Å². The Bertz CT molecular complexity index is 193. The van der Waals surface area contributed by atoms with Gasteiger partial charge in [-0.3, -0.25) is 0 Å². The third-order valence-electron chi connectivity index (χ3n) is 4.05. The van der Waals surface area contributed by atoms with Crippen LogP contribution in [-0.4, -0.2) is 28.3 Å². The van der Waals surface area contributed by atoms with E-state index in [9.17, 15) is 0 Å². The summed E-state index contributed by atoms with van der Waals surface area (Å²) in [6.45, 7) is 1.99. The normalized spacial score (nSPS) is 12.0. The molecule has 0 aromatic carbocycles. The maximum absolute atomic E-state index is 9.07. The summed E-state index contributed by atoms with van der Waals surface area (Å²) in [5, 5.41) is 18.1. The van der Waals surface area contributed by atoms with Crippen molar-refractivity contribution in [2.45, 2.75) is 95.3 Å². The number of unbranched alkanes of at least 4 members (excludes halogenated alkanes) is 11. The summed E-state index contributed by atoms with van der Waals surface area (Å²) in [5.41, 5.74) is 0. The molecule has 0 rings (SSSR count). The molecule has 0 amide bonds. The molecule has 20 heavy (non-hydrogen) atoms. The summed E-state index contributed by atoms with van der Waals surface area (Å²) < 4.78 is 0. The van der Waals surface area contributed by atoms with Crippen LogP contribution < -0.4 is 0 Å². The van der Waals surface area contributed by atoms with Crippen LogP contribution in [0.25, 0.3) is 0 Å². The quantitative estimate of drug-likeness (QED) is 0.329. The van der Waals surface area contributed by atoms with E-state index in [1.165, 1.54) is 64.2 Å². The summed E-state index contributed by atoms with van der Waals surface area (Å²) in [6, 6.07) is 0. The highest BCUT2D eigenvalue weighted by atomic mass is 35.5. The average Bonchev–Trinajstić information content (AvgIpc) is 2.48. The van der Waals surface area contributed by atoms with Crippen molar-refractivity contribution >= 4 is 11.6 Å². The van der Waals surface area contributed by atoms with Crippen molar-refractivity contribution in [3.8, 4) is 0 Å². The first-order chi connectivity index (χ1) is 9.68. The highest BCUT2D eigenvalue weighted by molar-refractivity contribution is 6.24. The van der Waals surface area contributed by atoms with Crippen molar-refractivity contribution in [1.82, 2.24) is 0 Å². The molecule has 0 aliphatic rings. The van der Waals surface area contributed by atoms with E-state index >= 15 is 0 Å². The molecule has 0 spiro atoms. The molecule has 0 bridgehead atoms. The minimum Gasteiger partial charge on any atom is -0.394 e. The second kappa shape index (κ2) is 14.2. The maximum atomic E-state index is 9.07. The van der Waals surface area contributed by atoms with Crippen LogP contribution in [0.4, 0.5) is 0 Å². The van der Waals surface area contributed by atoms with Crippen molar-refractivity contribution < 1.29 is 10.2 Å². The van der Waals surface area contributed by atoms with E-state index in [2.05, 4.69) is 6.92 Å². The summed E-state index contributed by atoms with van der Waals surface area (Å²) in [6.07, 6.45) is 16.5. The van der Waals surface area contributed by atoms with Gasteiger partial charge in [0, 0.05) is 0 Å². The van der Waals surface area contributed by atoms with E-state index in [1.807, 2.05) is 0 Å². The predicted octanol–water partition coefficient (Wildman–Crippen LogP) is 5.04. The Morgan fingerprint density at radius 3 is 1.35 bits per heavy atom. The van der Waals surface area contributed by atoms with Gasteiger partial charge in [0.15, 0.2) is 0 Å². The van der Waals surface area contributed by atoms with Gasteiger partial charge >= 0.3 is 0 Å². The van der Waals surface area contributed by atoms with Gasteiger partial charge < -0.3 is 10.2 Å². The summed E-state index contributed by atoms with van der Waals surface area (Å²) >= 11 is 6.04. The first-order valence-electron chi connectivity index (χ1n) is 8.59. The third kappa shape index (κ3) is 12.0. The lowest BCUT2D eigenvalue weighted by Crippen LogP contribution is -2.30. The van der Waals surface area contributed by atoms with E-state index in [0.717, 1.165) is 12.8 Å². The van der Waals surface area contributed by atoms with Crippen LogP contribution in [0.2, 0.25) is 0 Å². The molecule has 2 nitrogen and oxygen atoms in total. The topological polar surface area (TPSA) is 40.5 Å². The number of hydrogen-bond donors (Lipinski definition) is 2. The Kier molecular flexibility index (Phi) is 14.3. The average molecular weight is 307 g/mol. The first-order valence-corrected chi connectivity index (χ1v) is 8.97. The Balaban J connectivity index is 3.17. The number of aliphatic hydroxyl groups excluding tert-OH is 2. The molecule has 0 saturated carbocycles. The predicted molar refractivity (Wildman–Crippen MR) is 88.5 cm³/mol. The lowest BCUT2D eigenvalue weighted by molar-refractivity contribution is 0.160. The molecule has 0 radical (unpaired) electrons. The van der Waals surface area contributed by atoms with Crippen molar-refractivity contribution in [2.75, 3.05) is 13.2 Å². The summed E-state index contributed by atoms with van der Waals surface area (Å²) in [5.74, 6) is 0. The molecule has 0 atom stereocenters. The fourth-order valence-electron chi connectivity index (χ4n) is 2.49. The van der Waals surface area contributed by atoms with Gasteiger partial charge in [-0.05, 0) is 6.42 Å². The fraction of sp³-hybridized carbons (Fsp3) is 1.00. The van der Waals surface area contributed by atoms with E-state index in [0.29, 0.717) is 6.42 Å². The molecule has 0 aromatic rings. The number of aliphatic hydroxyl groups is 2. The van der Waals surface area contributed by atoms with Crippen LogP contribution in [0.5, 0.6) is 0 Å². The van der Waals surface area contributed by atoms with Crippen molar-refractivity contribution in [2.24, 2.45) is 0 Å². The minimum absolute atomic E-state index is 0.136. The standard InChI is InChI=1S/C17H35ClO2/c1-2-3-4-5-6-7-8-9-10-11-12-13-14-17(18,15-19)16-20/h19-20H,2-16H2,1H3. The van der Waals surface area contributed by atoms with Gasteiger partial charge in [-0.2, -0.15) is 0 Å². The smallest absolute Gasteiger partial charge is 0.0906 e. The summed E-state index contributed by atoms with van der Waals surface area (Å²) in [4.78, 5) is -0.793. The second-order valence-corrected chi connectivity index (χ2v) is 6.91. The molecular formula is C17H35ClO2. The largest absolute Gasteiger partial charge is 0.394 e. The van der Waals surface area contributed by atoms with Crippen molar-refractivity contribution in [3.63, 3.8) is 0 Å². The van der Waals surface area contributed by atoms with E-state index < -0.39 is 4.87 Å². The highest BCUT2D eigenvalue weighted by Crippen LogP contribution is 2.22. The number of halogens is 1. The Hall–Kier alpha value is 0.210. The van der Waals surface area contributed by atoms with Gasteiger partial charge in [0.2, 0.25) is 0 Å². The zero-order valence-corrected chi connectivity index (χ0v) is 14.1. The molecule has 0 aliphatic carbocycles. The molecule has 0 aliphatic heterocycles. The molecule has 0 unspecified atom stereocenters. The Labute approximate surface area is 130 Å². The monoisotopic (exact) mass is 306 g/mol. The molecule has 0 heterocycles. The van der Waals surface area contributed by atoms with E-state index in [-0.39, 0.29) is 13.2 Å². The molecule has 122 valence electrons. The first kappa shape index (κ1) is 20.2. The molecule has 3 heteroatoms. The minimum atomic E-state index is -0.793. The molecule has 0 aromatic heterocycles. The van der Waals surface area contributed by atoms with Gasteiger partial charge in [0.25, 0.3) is 0 Å². The van der Waals surface area contributed by atoms with Crippen LogP contribution in [0.1, 0.15) is 90.4 Å². The second-order valence-electron chi connectivity index (χ2n) is 6.11. The molecule has 2 N–H and O–H groups in total. The van der Waals surface area contributed by atoms with Gasteiger partial charge in [-0.15, -0.1) is 11.6 Å². The molecule has 0 fully saturated rings. The highest BCUT2D eigenvalue weighted by Gasteiger charge is 2.24. The van der Waals surface area contributed by atoms with Gasteiger partial charge in [-0.1, -0.05) is 84.0 Å². The molecular weight excluding hydrogens is 272 g/mol. The number of alkyl halides is 1. The van der Waals surface area contributed by atoms with Gasteiger partial charge in [0.1, 0.15) is 0 Å². The maximum Gasteiger partial charge on any atom is 0.0906 e. The van der Waals surface area contributed by atoms with E-state index in [1.54, 1.807) is 0 Å². The number of hydrogen-bond acceptors (Lipinski definition) is 2. The van der Waals surface area contributed by atoms with Crippen LogP contribution in [0, 0.1) is 0 Å². The lowest BCUT2D eigenvalue weighted by atomic mass is 10.0. The molecule has 0 saturated heterocycles. The van der Waals surface area contributed by atoms with Crippen LogP contribution in [-0.2, 0) is 0 Å². The Morgan fingerprint density at radius 1 is 0.650 bits per heavy atom. The fourth-order valence-corrected chi connectivity index (χ4v) is 2.62. The SMILES string of the molecule is CCCCCCCCCCCCCCC(Cl)(CO)CO. The van der Waals surface area contributed by atoms with Crippen molar-refractivity contribution in [3.05, 3.63) is 0 Å². The van der Waals surface area contributed by atoms with E-state index in [4.69, 9.17) is 21.8 Å². The summed E-state index contributed by atoms with van der Waals surface area (Å²) in [7, 11) is 0. The van der Waals surface area contributed by atoms with Crippen LogP contribution >= 0.6 is 11.6 Å². The lowest BCUT2D eigenvalue weighted by Gasteiger charge is -2.21. The number of rotatable bonds is 15. The zero-order valence-electron chi connectivity index (χ0n) is 13.4. The Morgan fingerprint density at radius 2 is 1.00 bits per heavy atom. The van der Waals surface area contributed by atoms with Gasteiger partial charge in [-0.25, -0.2) is 0 Å². The third-order valence-corrected chi connectivity index (χ3v) is 4.47. The van der Waals surface area contributed by atoms with Crippen LogP contribution in [0.15, 0.2) is 0 Å².